The summed E-state index contributed by atoms with van der Waals surface area (Å²) in [6, 6.07) is 13.9. The Morgan fingerprint density at radius 2 is 2.03 bits per heavy atom. The second-order valence-electron chi connectivity index (χ2n) is 7.00. The third-order valence-electron chi connectivity index (χ3n) is 4.61. The topological polar surface area (TPSA) is 118 Å². The number of aryl methyl sites for hydroxylation is 1. The highest BCUT2D eigenvalue weighted by Gasteiger charge is 2.22. The fourth-order valence-electron chi connectivity index (χ4n) is 2.96. The number of amides is 2. The fraction of sp³-hybridized carbons (Fsp3) is 0.217. The molecule has 1 aromatic heterocycles. The van der Waals surface area contributed by atoms with Crippen LogP contribution in [0.1, 0.15) is 22.4 Å². The summed E-state index contributed by atoms with van der Waals surface area (Å²) in [5.41, 5.74) is 5.74. The Labute approximate surface area is 185 Å². The predicted molar refractivity (Wildman–Crippen MR) is 119 cm³/mol. The van der Waals surface area contributed by atoms with E-state index in [1.54, 1.807) is 13.3 Å². The first-order valence-electron chi connectivity index (χ1n) is 9.97. The Morgan fingerprint density at radius 1 is 1.22 bits per heavy atom. The van der Waals surface area contributed by atoms with Gasteiger partial charge in [-0.1, -0.05) is 30.3 Å². The molecule has 3 rings (SSSR count). The summed E-state index contributed by atoms with van der Waals surface area (Å²) in [7, 11) is 1.61. The van der Waals surface area contributed by atoms with Crippen molar-refractivity contribution in [3.63, 3.8) is 0 Å². The molecule has 3 aromatic rings. The molecule has 0 fully saturated rings. The lowest BCUT2D eigenvalue weighted by atomic mass is 10.1. The fourth-order valence-corrected chi connectivity index (χ4v) is 2.96. The molecule has 0 saturated carbocycles. The number of carbonyl (C=O) groups excluding carboxylic acids is 2. The van der Waals surface area contributed by atoms with Gasteiger partial charge in [-0.3, -0.25) is 4.79 Å². The average molecular weight is 435 g/mol. The number of hydrogen-bond donors (Lipinski definition) is 3. The van der Waals surface area contributed by atoms with Gasteiger partial charge in [0.25, 0.3) is 5.91 Å². The third kappa shape index (κ3) is 6.69. The van der Waals surface area contributed by atoms with Gasteiger partial charge in [-0.25, -0.2) is 15.2 Å². The number of imidazole rings is 1. The summed E-state index contributed by atoms with van der Waals surface area (Å²) in [6.45, 7) is 2.01. The van der Waals surface area contributed by atoms with E-state index in [4.69, 9.17) is 9.47 Å². The molecule has 1 heterocycles. The second kappa shape index (κ2) is 11.3. The summed E-state index contributed by atoms with van der Waals surface area (Å²) in [5.74, 6) is 0.279. The largest absolute Gasteiger partial charge is 0.496 e. The number of ether oxygens (including phenoxy) is 2. The number of aromatic nitrogens is 2. The zero-order valence-corrected chi connectivity index (χ0v) is 17.9. The van der Waals surface area contributed by atoms with Crippen LogP contribution in [0.4, 0.5) is 4.79 Å². The van der Waals surface area contributed by atoms with Crippen LogP contribution >= 0.6 is 0 Å². The summed E-state index contributed by atoms with van der Waals surface area (Å²) in [4.78, 5) is 31.8. The highest BCUT2D eigenvalue weighted by atomic mass is 16.5. The molecular formula is C23H25N5O4. The Bertz CT molecular complexity index is 1050. The van der Waals surface area contributed by atoms with Crippen LogP contribution in [0.5, 0.6) is 5.75 Å². The van der Waals surface area contributed by atoms with Crippen LogP contribution in [0.3, 0.4) is 0 Å². The van der Waals surface area contributed by atoms with Gasteiger partial charge in [-0.2, -0.15) is 5.10 Å². The van der Waals surface area contributed by atoms with Crippen molar-refractivity contribution in [3.05, 3.63) is 83.4 Å². The molecule has 2 aromatic carbocycles. The standard InChI is InChI=1S/C23H25N5O4/c1-16-10-18(8-9-21(16)31-2)12-26-28-22(29)20(11-19-13-24-15-25-19)27-23(30)32-14-17-6-4-3-5-7-17/h3-10,12-13,15,20H,11,14H2,1-2H3,(H,24,25)(H,27,30)(H,28,29)/b26-12-/t20-/m0/s1. The highest BCUT2D eigenvalue weighted by molar-refractivity contribution is 5.87. The molecule has 0 spiro atoms. The lowest BCUT2D eigenvalue weighted by molar-refractivity contribution is -0.123. The first-order valence-corrected chi connectivity index (χ1v) is 9.97. The first-order chi connectivity index (χ1) is 15.5. The van der Waals surface area contributed by atoms with Gasteiger partial charge in [0.15, 0.2) is 0 Å². The molecule has 0 unspecified atom stereocenters. The molecule has 166 valence electrons. The van der Waals surface area contributed by atoms with Crippen molar-refractivity contribution >= 4 is 18.2 Å². The van der Waals surface area contributed by atoms with Crippen LogP contribution in [-0.2, 0) is 22.6 Å². The molecule has 0 aliphatic rings. The maximum atomic E-state index is 12.7. The highest BCUT2D eigenvalue weighted by Crippen LogP contribution is 2.17. The van der Waals surface area contributed by atoms with Crippen molar-refractivity contribution in [2.24, 2.45) is 5.10 Å². The number of hydrogen-bond acceptors (Lipinski definition) is 6. The van der Waals surface area contributed by atoms with E-state index in [-0.39, 0.29) is 13.0 Å². The molecule has 9 nitrogen and oxygen atoms in total. The van der Waals surface area contributed by atoms with E-state index in [9.17, 15) is 9.59 Å². The Morgan fingerprint density at radius 3 is 2.72 bits per heavy atom. The zero-order chi connectivity index (χ0) is 22.8. The lowest BCUT2D eigenvalue weighted by Crippen LogP contribution is -2.47. The Kier molecular flexibility index (Phi) is 7.96. The minimum absolute atomic E-state index is 0.0973. The van der Waals surface area contributed by atoms with Crippen LogP contribution < -0.4 is 15.5 Å². The Hall–Kier alpha value is -4.14. The van der Waals surface area contributed by atoms with Gasteiger partial charge in [0.05, 0.1) is 19.7 Å². The number of alkyl carbamates (subject to hydrolysis) is 1. The number of H-pyrrole nitrogens is 1. The third-order valence-corrected chi connectivity index (χ3v) is 4.61. The monoisotopic (exact) mass is 435 g/mol. The van der Waals surface area contributed by atoms with Crippen LogP contribution in [0.2, 0.25) is 0 Å². The summed E-state index contributed by atoms with van der Waals surface area (Å²) in [5, 5.41) is 6.59. The number of methoxy groups -OCH3 is 1. The first kappa shape index (κ1) is 22.5. The maximum Gasteiger partial charge on any atom is 0.408 e. The zero-order valence-electron chi connectivity index (χ0n) is 17.9. The van der Waals surface area contributed by atoms with Crippen molar-refractivity contribution in [1.29, 1.82) is 0 Å². The van der Waals surface area contributed by atoms with E-state index >= 15 is 0 Å². The summed E-state index contributed by atoms with van der Waals surface area (Å²) in [6.07, 6.45) is 4.10. The van der Waals surface area contributed by atoms with Crippen molar-refractivity contribution in [2.45, 2.75) is 26.0 Å². The molecule has 9 heteroatoms. The van der Waals surface area contributed by atoms with Crippen molar-refractivity contribution in [3.8, 4) is 5.75 Å². The van der Waals surface area contributed by atoms with Gasteiger partial charge in [0, 0.05) is 18.3 Å². The summed E-state index contributed by atoms with van der Waals surface area (Å²) < 4.78 is 10.5. The van der Waals surface area contributed by atoms with Crippen molar-refractivity contribution in [2.75, 3.05) is 7.11 Å². The normalized spacial score (nSPS) is 11.7. The number of rotatable bonds is 9. The van der Waals surface area contributed by atoms with Gasteiger partial charge < -0.3 is 19.8 Å². The van der Waals surface area contributed by atoms with E-state index in [1.807, 2.05) is 55.5 Å². The van der Waals surface area contributed by atoms with Gasteiger partial charge in [-0.15, -0.1) is 0 Å². The minimum atomic E-state index is -0.909. The molecule has 0 bridgehead atoms. The van der Waals surface area contributed by atoms with E-state index in [0.29, 0.717) is 5.69 Å². The summed E-state index contributed by atoms with van der Waals surface area (Å²) >= 11 is 0. The SMILES string of the molecule is COc1ccc(/C=N\NC(=O)[C@H](Cc2cnc[nH]2)NC(=O)OCc2ccccc2)cc1C. The van der Waals surface area contributed by atoms with Crippen LogP contribution in [0, 0.1) is 6.92 Å². The molecule has 3 N–H and O–H groups in total. The minimum Gasteiger partial charge on any atom is -0.496 e. The molecule has 0 aliphatic carbocycles. The van der Waals surface area contributed by atoms with E-state index in [0.717, 1.165) is 22.4 Å². The molecule has 2 amide bonds. The van der Waals surface area contributed by atoms with Gasteiger partial charge >= 0.3 is 6.09 Å². The van der Waals surface area contributed by atoms with Crippen LogP contribution in [0.25, 0.3) is 0 Å². The van der Waals surface area contributed by atoms with E-state index < -0.39 is 18.0 Å². The lowest BCUT2D eigenvalue weighted by Gasteiger charge is -2.16. The number of benzene rings is 2. The van der Waals surface area contributed by atoms with Crippen LogP contribution in [0.15, 0.2) is 66.2 Å². The van der Waals surface area contributed by atoms with Crippen molar-refractivity contribution in [1.82, 2.24) is 20.7 Å². The number of carbonyl (C=O) groups is 2. The van der Waals surface area contributed by atoms with E-state index in [2.05, 4.69) is 25.8 Å². The van der Waals surface area contributed by atoms with Gasteiger partial charge in [0.2, 0.25) is 0 Å². The Balaban J connectivity index is 1.60. The van der Waals surface area contributed by atoms with Crippen molar-refractivity contribution < 1.29 is 19.1 Å². The predicted octanol–water partition coefficient (Wildman–Crippen LogP) is 2.71. The molecule has 0 radical (unpaired) electrons. The van der Waals surface area contributed by atoms with Crippen LogP contribution in [-0.4, -0.2) is 41.3 Å². The smallest absolute Gasteiger partial charge is 0.408 e. The number of hydrazone groups is 1. The number of aromatic amines is 1. The molecule has 32 heavy (non-hydrogen) atoms. The number of nitrogens with one attached hydrogen (secondary N) is 3. The molecule has 0 saturated heterocycles. The number of nitrogens with zero attached hydrogens (tertiary/aromatic N) is 2. The molecule has 1 atom stereocenters. The molecular weight excluding hydrogens is 410 g/mol. The van der Waals surface area contributed by atoms with Gasteiger partial charge in [0.1, 0.15) is 18.4 Å². The van der Waals surface area contributed by atoms with E-state index in [1.165, 1.54) is 12.5 Å². The average Bonchev–Trinajstić information content (AvgIpc) is 3.31. The second-order valence-corrected chi connectivity index (χ2v) is 7.00. The van der Waals surface area contributed by atoms with Gasteiger partial charge in [-0.05, 0) is 41.8 Å². The quantitative estimate of drug-likeness (QED) is 0.353. The maximum absolute atomic E-state index is 12.7. The molecule has 0 aliphatic heterocycles.